The fourth-order valence-electron chi connectivity index (χ4n) is 2.88. The van der Waals surface area contributed by atoms with Gasteiger partial charge in [-0.3, -0.25) is 4.31 Å². The molecule has 0 atom stereocenters. The second-order valence-corrected chi connectivity index (χ2v) is 7.89. The van der Waals surface area contributed by atoms with E-state index in [1.807, 2.05) is 13.8 Å². The van der Waals surface area contributed by atoms with E-state index in [1.165, 1.54) is 17.4 Å². The minimum absolute atomic E-state index is 0.133. The lowest BCUT2D eigenvalue weighted by Gasteiger charge is -2.18. The summed E-state index contributed by atoms with van der Waals surface area (Å²) in [5.41, 5.74) is 3.49. The fourth-order valence-corrected chi connectivity index (χ4v) is 3.87. The Kier molecular flexibility index (Phi) is 3.89. The monoisotopic (exact) mass is 295 g/mol. The molecule has 112 valence electrons. The first-order valence-corrected chi connectivity index (χ1v) is 9.30. The molecular weight excluding hydrogens is 270 g/mol. The molecule has 0 aromatic heterocycles. The highest BCUT2D eigenvalue weighted by molar-refractivity contribution is 7.92. The maximum Gasteiger partial charge on any atom is 0.232 e. The second kappa shape index (κ2) is 5.06. The molecular formula is C16H25NO2S. The van der Waals surface area contributed by atoms with Crippen LogP contribution in [0.25, 0.3) is 0 Å². The molecule has 3 rings (SSSR count). The Morgan fingerprint density at radius 2 is 1.80 bits per heavy atom. The van der Waals surface area contributed by atoms with Crippen LogP contribution in [0.15, 0.2) is 18.2 Å². The normalized spacial score (nSPS) is 18.8. The third-order valence-electron chi connectivity index (χ3n) is 4.23. The van der Waals surface area contributed by atoms with Crippen molar-refractivity contribution < 1.29 is 8.42 Å². The summed E-state index contributed by atoms with van der Waals surface area (Å²) in [6.45, 7) is 8.91. The number of anilines is 1. The summed E-state index contributed by atoms with van der Waals surface area (Å²) in [7, 11) is -3.16. The van der Waals surface area contributed by atoms with Crippen LogP contribution in [-0.2, 0) is 15.4 Å². The smallest absolute Gasteiger partial charge is 0.232 e. The van der Waals surface area contributed by atoms with Gasteiger partial charge in [0.05, 0.1) is 11.9 Å². The van der Waals surface area contributed by atoms with E-state index in [4.69, 9.17) is 0 Å². The van der Waals surface area contributed by atoms with Crippen molar-refractivity contribution in [3.8, 4) is 0 Å². The molecule has 0 radical (unpaired) electrons. The van der Waals surface area contributed by atoms with Crippen LogP contribution < -0.4 is 4.31 Å². The van der Waals surface area contributed by atoms with Crippen LogP contribution >= 0.6 is 0 Å². The molecule has 0 unspecified atom stereocenters. The molecule has 0 saturated heterocycles. The first-order chi connectivity index (χ1) is 9.33. The van der Waals surface area contributed by atoms with Crippen molar-refractivity contribution in [3.05, 3.63) is 29.3 Å². The number of nitrogens with zero attached hydrogens (tertiary/aromatic N) is 1. The van der Waals surface area contributed by atoms with Crippen LogP contribution in [0, 0.1) is 0 Å². The first-order valence-electron chi connectivity index (χ1n) is 7.46. The van der Waals surface area contributed by atoms with Crippen molar-refractivity contribution in [2.75, 3.05) is 17.1 Å². The zero-order chi connectivity index (χ0) is 15.1. The van der Waals surface area contributed by atoms with E-state index in [0.717, 1.165) is 18.5 Å². The highest BCUT2D eigenvalue weighted by Crippen LogP contribution is 2.57. The molecule has 3 nitrogen and oxygen atoms in total. The van der Waals surface area contributed by atoms with E-state index >= 15 is 0 Å². The van der Waals surface area contributed by atoms with Gasteiger partial charge in [-0.15, -0.1) is 0 Å². The maximum atomic E-state index is 11.9. The van der Waals surface area contributed by atoms with Crippen molar-refractivity contribution in [2.45, 2.75) is 51.9 Å². The molecule has 20 heavy (non-hydrogen) atoms. The van der Waals surface area contributed by atoms with Crippen molar-refractivity contribution >= 4 is 15.7 Å². The lowest BCUT2D eigenvalue weighted by Crippen LogP contribution is -2.30. The molecule has 1 spiro atoms. The topological polar surface area (TPSA) is 37.4 Å². The zero-order valence-electron chi connectivity index (χ0n) is 13.1. The van der Waals surface area contributed by atoms with E-state index in [9.17, 15) is 8.42 Å². The van der Waals surface area contributed by atoms with Crippen LogP contribution in [0.5, 0.6) is 0 Å². The Morgan fingerprint density at radius 1 is 1.20 bits per heavy atom. The van der Waals surface area contributed by atoms with Crippen LogP contribution in [-0.4, -0.2) is 21.2 Å². The molecule has 1 heterocycles. The highest BCUT2D eigenvalue weighted by Gasteiger charge is 2.53. The van der Waals surface area contributed by atoms with E-state index in [1.54, 1.807) is 4.31 Å². The van der Waals surface area contributed by atoms with Gasteiger partial charge in [0.1, 0.15) is 0 Å². The first kappa shape index (κ1) is 15.4. The van der Waals surface area contributed by atoms with Crippen LogP contribution in [0.2, 0.25) is 0 Å². The SMILES string of the molecule is CC.CC(C)c1ccc2c(c1)N(S(C)(=O)=O)CC21CC1. The standard InChI is InChI=1S/C14H19NO2S.C2H6/c1-10(2)11-4-5-12-13(8-11)15(18(3,16)17)9-14(12)6-7-14;1-2/h4-5,8,10H,6-7,9H2,1-3H3;1-2H3. The van der Waals surface area contributed by atoms with Gasteiger partial charge < -0.3 is 0 Å². The second-order valence-electron chi connectivity index (χ2n) is 5.98. The summed E-state index contributed by atoms with van der Waals surface area (Å²) in [5, 5.41) is 0. The number of benzene rings is 1. The predicted molar refractivity (Wildman–Crippen MR) is 85.0 cm³/mol. The quantitative estimate of drug-likeness (QED) is 0.835. The third kappa shape index (κ3) is 2.46. The molecule has 2 aliphatic rings. The minimum Gasteiger partial charge on any atom is -0.269 e. The molecule has 1 aromatic rings. The van der Waals surface area contributed by atoms with Gasteiger partial charge in [0.15, 0.2) is 0 Å². The van der Waals surface area contributed by atoms with Crippen molar-refractivity contribution in [3.63, 3.8) is 0 Å². The molecule has 0 amide bonds. The van der Waals surface area contributed by atoms with Crippen LogP contribution in [0.1, 0.15) is 57.6 Å². The van der Waals surface area contributed by atoms with Gasteiger partial charge in [-0.2, -0.15) is 0 Å². The van der Waals surface area contributed by atoms with Gasteiger partial charge in [0.25, 0.3) is 0 Å². The number of rotatable bonds is 2. The van der Waals surface area contributed by atoms with E-state index in [0.29, 0.717) is 12.5 Å². The van der Waals surface area contributed by atoms with E-state index < -0.39 is 10.0 Å². The third-order valence-corrected chi connectivity index (χ3v) is 5.36. The number of hydrogen-bond donors (Lipinski definition) is 0. The van der Waals surface area contributed by atoms with Crippen molar-refractivity contribution in [1.82, 2.24) is 0 Å². The van der Waals surface area contributed by atoms with Crippen molar-refractivity contribution in [1.29, 1.82) is 0 Å². The van der Waals surface area contributed by atoms with Gasteiger partial charge in [0, 0.05) is 12.0 Å². The Hall–Kier alpha value is -1.03. The fraction of sp³-hybridized carbons (Fsp3) is 0.625. The summed E-state index contributed by atoms with van der Waals surface area (Å²) in [5.74, 6) is 0.424. The lowest BCUT2D eigenvalue weighted by molar-refractivity contribution is 0.594. The van der Waals surface area contributed by atoms with E-state index in [-0.39, 0.29) is 5.41 Å². The van der Waals surface area contributed by atoms with Crippen LogP contribution in [0.3, 0.4) is 0 Å². The predicted octanol–water partition coefficient (Wildman–Crippen LogP) is 3.65. The molecule has 1 aliphatic carbocycles. The molecule has 4 heteroatoms. The zero-order valence-corrected chi connectivity index (χ0v) is 13.9. The highest BCUT2D eigenvalue weighted by atomic mass is 32.2. The van der Waals surface area contributed by atoms with Gasteiger partial charge in [-0.25, -0.2) is 8.42 Å². The Bertz CT molecular complexity index is 601. The molecule has 0 N–H and O–H groups in total. The van der Waals surface area contributed by atoms with E-state index in [2.05, 4.69) is 32.0 Å². The van der Waals surface area contributed by atoms with Gasteiger partial charge >= 0.3 is 0 Å². The Morgan fingerprint density at radius 3 is 2.25 bits per heavy atom. The van der Waals surface area contributed by atoms with Gasteiger partial charge in [0.2, 0.25) is 10.0 Å². The average Bonchev–Trinajstić information content (AvgIpc) is 3.08. The summed E-state index contributed by atoms with van der Waals surface area (Å²) >= 11 is 0. The summed E-state index contributed by atoms with van der Waals surface area (Å²) in [4.78, 5) is 0. The largest absolute Gasteiger partial charge is 0.269 e. The molecule has 1 fully saturated rings. The Balaban J connectivity index is 0.000000704. The number of sulfonamides is 1. The molecule has 1 aromatic carbocycles. The average molecular weight is 295 g/mol. The molecule has 0 bridgehead atoms. The minimum atomic E-state index is -3.16. The van der Waals surface area contributed by atoms with Gasteiger partial charge in [-0.05, 0) is 36.0 Å². The number of hydrogen-bond acceptors (Lipinski definition) is 2. The summed E-state index contributed by atoms with van der Waals surface area (Å²) < 4.78 is 25.4. The Labute approximate surface area is 123 Å². The molecule has 1 aliphatic heterocycles. The van der Waals surface area contributed by atoms with Crippen molar-refractivity contribution in [2.24, 2.45) is 0 Å². The van der Waals surface area contributed by atoms with Gasteiger partial charge in [-0.1, -0.05) is 39.8 Å². The lowest BCUT2D eigenvalue weighted by atomic mass is 9.94. The molecule has 1 saturated carbocycles. The summed E-state index contributed by atoms with van der Waals surface area (Å²) in [6, 6.07) is 6.35. The summed E-state index contributed by atoms with van der Waals surface area (Å²) in [6.07, 6.45) is 3.54. The van der Waals surface area contributed by atoms with Crippen LogP contribution in [0.4, 0.5) is 5.69 Å². The number of fused-ring (bicyclic) bond motifs is 2. The maximum absolute atomic E-state index is 11.9.